The molecular formula is C14H14FeO2. The average molecular weight is 270 g/mol. The van der Waals surface area contributed by atoms with Crippen LogP contribution in [-0.2, 0) is 17.1 Å². The quantitative estimate of drug-likeness (QED) is 0.477. The third-order valence-corrected chi connectivity index (χ3v) is 2.14. The summed E-state index contributed by atoms with van der Waals surface area (Å²) >= 11 is 0. The molecule has 2 nitrogen and oxygen atoms in total. The average Bonchev–Trinajstić information content (AvgIpc) is 2.93. The van der Waals surface area contributed by atoms with Gasteiger partial charge in [0.25, 0.3) is 0 Å². The standard InChI is InChI=1S/2C7H7O.Fe/c2*1-6(8)7-4-2-3-5-7;/h2*2-5H,1H3;/q2*-1;+2. The Balaban J connectivity index is 0.000000284. The van der Waals surface area contributed by atoms with Gasteiger partial charge in [0.1, 0.15) is 0 Å². The van der Waals surface area contributed by atoms with E-state index >= 15 is 0 Å². The van der Waals surface area contributed by atoms with Crippen molar-refractivity contribution >= 4 is 11.6 Å². The number of carbonyl (C=O) groups is 2. The summed E-state index contributed by atoms with van der Waals surface area (Å²) in [6.07, 6.45) is 0. The van der Waals surface area contributed by atoms with Gasteiger partial charge in [-0.3, -0.25) is 0 Å². The van der Waals surface area contributed by atoms with Gasteiger partial charge in [0, 0.05) is 0 Å². The molecule has 90 valence electrons. The van der Waals surface area contributed by atoms with Crippen molar-refractivity contribution in [2.24, 2.45) is 0 Å². The van der Waals surface area contributed by atoms with Crippen LogP contribution >= 0.6 is 0 Å². The van der Waals surface area contributed by atoms with Gasteiger partial charge in [0.2, 0.25) is 0 Å². The van der Waals surface area contributed by atoms with Crippen LogP contribution in [0, 0.1) is 0 Å². The summed E-state index contributed by atoms with van der Waals surface area (Å²) in [6.45, 7) is 3.13. The van der Waals surface area contributed by atoms with Crippen molar-refractivity contribution in [2.45, 2.75) is 13.8 Å². The molecule has 17 heavy (non-hydrogen) atoms. The zero-order valence-corrected chi connectivity index (χ0v) is 10.9. The van der Waals surface area contributed by atoms with Gasteiger partial charge in [0.15, 0.2) is 0 Å². The smallest absolute Gasteiger partial charge is 0.310 e. The van der Waals surface area contributed by atoms with Crippen molar-refractivity contribution < 1.29 is 26.7 Å². The zero-order valence-electron chi connectivity index (χ0n) is 9.79. The first-order chi connectivity index (χ1) is 7.61. The van der Waals surface area contributed by atoms with Crippen LogP contribution in [0.3, 0.4) is 0 Å². The summed E-state index contributed by atoms with van der Waals surface area (Å²) in [6, 6.07) is 14.7. The van der Waals surface area contributed by atoms with Gasteiger partial charge in [-0.1, -0.05) is 0 Å². The maximum Gasteiger partial charge on any atom is 2.00 e. The Labute approximate surface area is 112 Å². The molecule has 0 atom stereocenters. The number of Topliss-reactive ketones (excluding diaryl/α,β-unsaturated/α-hetero) is 2. The van der Waals surface area contributed by atoms with Crippen LogP contribution in [0.1, 0.15) is 34.6 Å². The Hall–Kier alpha value is -1.44. The maximum atomic E-state index is 10.5. The predicted octanol–water partition coefficient (Wildman–Crippen LogP) is 3.21. The van der Waals surface area contributed by atoms with Crippen LogP contribution < -0.4 is 0 Å². The van der Waals surface area contributed by atoms with E-state index < -0.39 is 0 Å². The van der Waals surface area contributed by atoms with E-state index in [-0.39, 0.29) is 28.6 Å². The monoisotopic (exact) mass is 270 g/mol. The van der Waals surface area contributed by atoms with Crippen molar-refractivity contribution in [2.75, 3.05) is 0 Å². The Bertz CT molecular complexity index is 394. The largest absolute Gasteiger partial charge is 2.00 e. The van der Waals surface area contributed by atoms with Crippen LogP contribution in [0.2, 0.25) is 0 Å². The fourth-order valence-corrected chi connectivity index (χ4v) is 1.22. The first kappa shape index (κ1) is 15.6. The van der Waals surface area contributed by atoms with Crippen LogP contribution in [0.4, 0.5) is 0 Å². The summed E-state index contributed by atoms with van der Waals surface area (Å²) in [5, 5.41) is 0. The van der Waals surface area contributed by atoms with Gasteiger partial charge in [-0.25, -0.2) is 12.1 Å². The SMILES string of the molecule is CC(=O)c1cc[cH-]c1.CC(=O)c1cc[cH-]c1.[Fe+2]. The van der Waals surface area contributed by atoms with Gasteiger partial charge in [0.05, 0.1) is 11.6 Å². The Kier molecular flexibility index (Phi) is 7.11. The number of hydrogen-bond donors (Lipinski definition) is 0. The molecule has 0 N–H and O–H groups in total. The topological polar surface area (TPSA) is 34.1 Å². The van der Waals surface area contributed by atoms with E-state index in [9.17, 15) is 9.59 Å². The third kappa shape index (κ3) is 5.43. The molecule has 2 rings (SSSR count). The molecule has 0 aliphatic heterocycles. The number of carbonyl (C=O) groups excluding carboxylic acids is 2. The first-order valence-corrected chi connectivity index (χ1v) is 5.06. The van der Waals surface area contributed by atoms with Crippen LogP contribution in [0.5, 0.6) is 0 Å². The molecule has 0 spiro atoms. The molecule has 0 aromatic heterocycles. The van der Waals surface area contributed by atoms with Gasteiger partial charge in [-0.2, -0.15) is 36.4 Å². The van der Waals surface area contributed by atoms with E-state index in [0.717, 1.165) is 11.1 Å². The second-order valence-corrected chi connectivity index (χ2v) is 3.46. The Morgan fingerprint density at radius 3 is 1.35 bits per heavy atom. The zero-order chi connectivity index (χ0) is 12.0. The van der Waals surface area contributed by atoms with E-state index in [4.69, 9.17) is 0 Å². The van der Waals surface area contributed by atoms with E-state index in [1.165, 1.54) is 0 Å². The molecule has 0 saturated carbocycles. The minimum absolute atomic E-state index is 0. The van der Waals surface area contributed by atoms with Crippen molar-refractivity contribution in [1.29, 1.82) is 0 Å². The molecule has 2 aromatic carbocycles. The minimum atomic E-state index is 0. The van der Waals surface area contributed by atoms with Gasteiger partial charge in [-0.15, -0.1) is 11.1 Å². The molecule has 2 aromatic rings. The van der Waals surface area contributed by atoms with E-state index in [1.807, 2.05) is 48.5 Å². The fourth-order valence-electron chi connectivity index (χ4n) is 1.22. The molecule has 0 heterocycles. The second-order valence-electron chi connectivity index (χ2n) is 3.46. The molecule has 0 bridgehead atoms. The number of rotatable bonds is 2. The van der Waals surface area contributed by atoms with Crippen LogP contribution in [0.15, 0.2) is 48.5 Å². The van der Waals surface area contributed by atoms with Crippen molar-refractivity contribution in [3.8, 4) is 0 Å². The summed E-state index contributed by atoms with van der Waals surface area (Å²) in [4.78, 5) is 21.0. The van der Waals surface area contributed by atoms with Gasteiger partial charge in [-0.05, 0) is 13.8 Å². The second kappa shape index (κ2) is 7.77. The van der Waals surface area contributed by atoms with Crippen molar-refractivity contribution in [3.63, 3.8) is 0 Å². The molecule has 0 amide bonds. The minimum Gasteiger partial charge on any atom is -0.310 e. The number of hydrogen-bond acceptors (Lipinski definition) is 2. The molecular weight excluding hydrogens is 256 g/mol. The molecule has 0 aliphatic rings. The van der Waals surface area contributed by atoms with Crippen molar-refractivity contribution in [3.05, 3.63) is 59.7 Å². The molecule has 0 unspecified atom stereocenters. The van der Waals surface area contributed by atoms with E-state index in [2.05, 4.69) is 0 Å². The van der Waals surface area contributed by atoms with Crippen LogP contribution in [0.25, 0.3) is 0 Å². The third-order valence-electron chi connectivity index (χ3n) is 2.14. The van der Waals surface area contributed by atoms with Crippen LogP contribution in [-0.4, -0.2) is 11.6 Å². The fraction of sp³-hybridized carbons (Fsp3) is 0.143. The molecule has 3 heteroatoms. The summed E-state index contributed by atoms with van der Waals surface area (Å²) in [5.74, 6) is 0.269. The van der Waals surface area contributed by atoms with Gasteiger partial charge >= 0.3 is 17.1 Å². The Morgan fingerprint density at radius 2 is 1.24 bits per heavy atom. The maximum absolute atomic E-state index is 10.5. The molecule has 0 radical (unpaired) electrons. The first-order valence-electron chi connectivity index (χ1n) is 5.06. The molecule has 0 fully saturated rings. The Morgan fingerprint density at radius 1 is 0.882 bits per heavy atom. The molecule has 0 saturated heterocycles. The van der Waals surface area contributed by atoms with Gasteiger partial charge < -0.3 is 9.59 Å². The number of ketones is 2. The van der Waals surface area contributed by atoms with E-state index in [1.54, 1.807) is 13.8 Å². The van der Waals surface area contributed by atoms with Crippen molar-refractivity contribution in [1.82, 2.24) is 0 Å². The summed E-state index contributed by atoms with van der Waals surface area (Å²) in [5.41, 5.74) is 1.59. The summed E-state index contributed by atoms with van der Waals surface area (Å²) in [7, 11) is 0. The molecule has 0 aliphatic carbocycles. The summed E-state index contributed by atoms with van der Waals surface area (Å²) < 4.78 is 0. The normalized spacial score (nSPS) is 8.59. The van der Waals surface area contributed by atoms with E-state index in [0.29, 0.717) is 0 Å². The predicted molar refractivity (Wildman–Crippen MR) is 64.1 cm³/mol.